The number of nitrogens with one attached hydrogen (secondary N) is 2. The number of anilines is 2. The van der Waals surface area contributed by atoms with Crippen LogP contribution in [-0.4, -0.2) is 85.1 Å². The Kier molecular flexibility index (Phi) is 12.2. The van der Waals surface area contributed by atoms with E-state index in [4.69, 9.17) is 24.0 Å². The second-order valence-corrected chi connectivity index (χ2v) is 19.2. The van der Waals surface area contributed by atoms with E-state index in [0.717, 1.165) is 50.0 Å². The molecule has 1 amide bonds. The highest BCUT2D eigenvalue weighted by Gasteiger charge is 2.50. The van der Waals surface area contributed by atoms with E-state index in [0.29, 0.717) is 30.6 Å². The van der Waals surface area contributed by atoms with Gasteiger partial charge in [-0.1, -0.05) is 119 Å². The molecule has 2 aromatic heterocycles. The van der Waals surface area contributed by atoms with Crippen molar-refractivity contribution in [2.45, 2.75) is 77.2 Å². The molecule has 0 radical (unpaired) electrons. The maximum absolute atomic E-state index is 12.2. The minimum Gasteiger partial charge on any atom is -0.453 e. The highest BCUT2D eigenvalue weighted by atomic mass is 28.4. The van der Waals surface area contributed by atoms with E-state index in [2.05, 4.69) is 133 Å². The van der Waals surface area contributed by atoms with E-state index < -0.39 is 14.4 Å². The van der Waals surface area contributed by atoms with Crippen molar-refractivity contribution in [3.8, 4) is 0 Å². The molecule has 3 heterocycles. The van der Waals surface area contributed by atoms with Crippen molar-refractivity contribution in [3.05, 3.63) is 102 Å². The van der Waals surface area contributed by atoms with Crippen molar-refractivity contribution in [1.29, 1.82) is 0 Å². The summed E-state index contributed by atoms with van der Waals surface area (Å²) in [6, 6.07) is 30.1. The Morgan fingerprint density at radius 3 is 2.08 bits per heavy atom. The Hall–Kier alpha value is -4.62. The van der Waals surface area contributed by atoms with Gasteiger partial charge < -0.3 is 19.2 Å². The summed E-state index contributed by atoms with van der Waals surface area (Å²) < 4.78 is 19.5. The highest BCUT2D eigenvalue weighted by Crippen LogP contribution is 2.37. The molecule has 11 nitrogen and oxygen atoms in total. The number of likely N-dealkylation sites (tertiary alicyclic amines) is 1. The SMILES string of the molecule is CCC[C@@H](CCO[Si](c1ccccc1)(c1ccccc1)C(C)(C)C)Nc1nc(NC(=O)OC)nc2cnn(Cc3ccc(CN4CC(OC)C4)cc3)c12. The number of hydrogen-bond acceptors (Lipinski definition) is 9. The van der Waals surface area contributed by atoms with Crippen LogP contribution < -0.4 is 21.0 Å². The lowest BCUT2D eigenvalue weighted by atomic mass is 10.1. The van der Waals surface area contributed by atoms with E-state index in [1.54, 1.807) is 13.3 Å². The summed E-state index contributed by atoms with van der Waals surface area (Å²) in [6.45, 7) is 13.0. The molecule has 2 N–H and O–H groups in total. The fourth-order valence-corrected chi connectivity index (χ4v) is 11.9. The molecule has 1 fully saturated rings. The van der Waals surface area contributed by atoms with Crippen LogP contribution in [0.25, 0.3) is 11.0 Å². The molecule has 0 aliphatic carbocycles. The van der Waals surface area contributed by atoms with Crippen LogP contribution in [0.15, 0.2) is 91.1 Å². The maximum Gasteiger partial charge on any atom is 0.413 e. The second-order valence-electron chi connectivity index (χ2n) is 14.8. The average molecular weight is 736 g/mol. The van der Waals surface area contributed by atoms with Gasteiger partial charge in [0.15, 0.2) is 5.82 Å². The molecule has 280 valence electrons. The lowest BCUT2D eigenvalue weighted by Gasteiger charge is -2.43. The number of benzene rings is 3. The Balaban J connectivity index is 1.25. The van der Waals surface area contributed by atoms with Gasteiger partial charge in [-0.15, -0.1) is 0 Å². The Morgan fingerprint density at radius 1 is 0.887 bits per heavy atom. The zero-order valence-electron chi connectivity index (χ0n) is 31.8. The number of ether oxygens (including phenoxy) is 2. The summed E-state index contributed by atoms with van der Waals surface area (Å²) in [7, 11) is 0.389. The number of nitrogens with zero attached hydrogens (tertiary/aromatic N) is 5. The van der Waals surface area contributed by atoms with Crippen LogP contribution in [0.4, 0.5) is 16.6 Å². The number of carbonyl (C=O) groups excluding carboxylic acids is 1. The van der Waals surface area contributed by atoms with E-state index in [1.165, 1.54) is 23.0 Å². The van der Waals surface area contributed by atoms with Gasteiger partial charge in [0, 0.05) is 39.4 Å². The molecule has 1 aliphatic rings. The molecule has 53 heavy (non-hydrogen) atoms. The van der Waals surface area contributed by atoms with Gasteiger partial charge in [0.1, 0.15) is 11.0 Å². The van der Waals surface area contributed by atoms with Gasteiger partial charge in [0.25, 0.3) is 8.32 Å². The predicted octanol–water partition coefficient (Wildman–Crippen LogP) is 6.43. The Bertz CT molecular complexity index is 1890. The highest BCUT2D eigenvalue weighted by molar-refractivity contribution is 6.99. The molecule has 0 bridgehead atoms. The van der Waals surface area contributed by atoms with Crippen molar-refractivity contribution < 1.29 is 18.7 Å². The smallest absolute Gasteiger partial charge is 0.413 e. The molecule has 1 saturated heterocycles. The molecule has 6 rings (SSSR count). The van der Waals surface area contributed by atoms with Gasteiger partial charge in [0.05, 0.1) is 26.0 Å². The standard InChI is InChI=1S/C41H53N7O4Si/c1-7-14-32(23-24-52-53(41(2,3)4,34-15-10-8-11-16-34)35-17-12-9-13-18-35)43-38-37-36(44-39(45-38)46-40(49)51-6)25-42-48(37)27-31-21-19-30(20-22-31)26-47-28-33(29-47)50-5/h8-13,15-22,25,32-33H,7,14,23-24,26-29H2,1-6H3,(H2,43,44,45,46,49)/t32-/m0/s1. The topological polar surface area (TPSA) is 116 Å². The number of amides is 1. The monoisotopic (exact) mass is 735 g/mol. The zero-order chi connectivity index (χ0) is 37.4. The van der Waals surface area contributed by atoms with E-state index in [-0.39, 0.29) is 17.0 Å². The lowest BCUT2D eigenvalue weighted by molar-refractivity contribution is -0.0334. The van der Waals surface area contributed by atoms with Gasteiger partial charge in [-0.2, -0.15) is 10.1 Å². The molecule has 0 spiro atoms. The average Bonchev–Trinajstić information content (AvgIpc) is 3.54. The van der Waals surface area contributed by atoms with Crippen LogP contribution in [0.3, 0.4) is 0 Å². The van der Waals surface area contributed by atoms with Crippen LogP contribution >= 0.6 is 0 Å². The minimum atomic E-state index is -2.70. The maximum atomic E-state index is 12.2. The van der Waals surface area contributed by atoms with Gasteiger partial charge in [0.2, 0.25) is 5.95 Å². The van der Waals surface area contributed by atoms with Gasteiger partial charge in [-0.3, -0.25) is 14.9 Å². The third-order valence-corrected chi connectivity index (χ3v) is 15.1. The first-order valence-electron chi connectivity index (χ1n) is 18.6. The van der Waals surface area contributed by atoms with Crippen LogP contribution in [0.2, 0.25) is 5.04 Å². The quantitative estimate of drug-likeness (QED) is 0.111. The number of carbonyl (C=O) groups is 1. The summed E-state index contributed by atoms with van der Waals surface area (Å²) in [5.41, 5.74) is 3.77. The number of fused-ring (bicyclic) bond motifs is 1. The molecule has 12 heteroatoms. The second kappa shape index (κ2) is 17.0. The molecule has 1 aliphatic heterocycles. The first-order chi connectivity index (χ1) is 25.6. The van der Waals surface area contributed by atoms with Crippen LogP contribution in [-0.2, 0) is 27.0 Å². The largest absolute Gasteiger partial charge is 0.453 e. The Morgan fingerprint density at radius 2 is 1.51 bits per heavy atom. The van der Waals surface area contributed by atoms with Crippen LogP contribution in [0, 0.1) is 0 Å². The number of rotatable bonds is 16. The fourth-order valence-electron chi connectivity index (χ4n) is 7.35. The molecule has 5 aromatic rings. The third kappa shape index (κ3) is 8.79. The summed E-state index contributed by atoms with van der Waals surface area (Å²) in [5.74, 6) is 0.751. The molecule has 1 atom stereocenters. The molecular formula is C41H53N7O4Si. The molecule has 3 aromatic carbocycles. The van der Waals surface area contributed by atoms with Gasteiger partial charge in [-0.05, 0) is 39.4 Å². The fraction of sp³-hybridized carbons (Fsp3) is 0.415. The number of aromatic nitrogens is 4. The predicted molar refractivity (Wildman–Crippen MR) is 213 cm³/mol. The number of hydrogen-bond donors (Lipinski definition) is 2. The third-order valence-electron chi connectivity index (χ3n) is 10.1. The van der Waals surface area contributed by atoms with Crippen molar-refractivity contribution in [3.63, 3.8) is 0 Å². The van der Waals surface area contributed by atoms with E-state index in [1.807, 2.05) is 4.68 Å². The number of methoxy groups -OCH3 is 2. The first-order valence-corrected chi connectivity index (χ1v) is 20.5. The zero-order valence-corrected chi connectivity index (χ0v) is 32.8. The van der Waals surface area contributed by atoms with E-state index >= 15 is 0 Å². The van der Waals surface area contributed by atoms with Crippen molar-refractivity contribution in [1.82, 2.24) is 24.6 Å². The first kappa shape index (κ1) is 38.1. The molecular weight excluding hydrogens is 683 g/mol. The van der Waals surface area contributed by atoms with Crippen molar-refractivity contribution >= 4 is 47.6 Å². The van der Waals surface area contributed by atoms with Gasteiger partial charge in [-0.25, -0.2) is 9.78 Å². The molecule has 0 saturated carbocycles. The van der Waals surface area contributed by atoms with E-state index in [9.17, 15) is 4.79 Å². The summed E-state index contributed by atoms with van der Waals surface area (Å²) >= 11 is 0. The summed E-state index contributed by atoms with van der Waals surface area (Å²) in [6.07, 6.45) is 4.03. The summed E-state index contributed by atoms with van der Waals surface area (Å²) in [5, 5.41) is 13.5. The lowest BCUT2D eigenvalue weighted by Crippen LogP contribution is -2.66. The van der Waals surface area contributed by atoms with Crippen LogP contribution in [0.5, 0.6) is 0 Å². The normalized spacial score (nSPS) is 14.5. The molecule has 0 unspecified atom stereocenters. The van der Waals surface area contributed by atoms with Crippen molar-refractivity contribution in [2.75, 3.05) is 44.5 Å². The van der Waals surface area contributed by atoms with Gasteiger partial charge >= 0.3 is 6.09 Å². The minimum absolute atomic E-state index is 0.0316. The Labute approximate surface area is 314 Å². The van der Waals surface area contributed by atoms with Crippen LogP contribution in [0.1, 0.15) is 58.1 Å². The van der Waals surface area contributed by atoms with Crippen molar-refractivity contribution in [2.24, 2.45) is 0 Å². The summed E-state index contributed by atoms with van der Waals surface area (Å²) in [4.78, 5) is 24.0.